The molecule has 1 aromatic carbocycles. The van der Waals surface area contributed by atoms with Gasteiger partial charge in [-0.2, -0.15) is 0 Å². The number of rotatable bonds is 5. The summed E-state index contributed by atoms with van der Waals surface area (Å²) in [5.74, 6) is 0.560. The highest BCUT2D eigenvalue weighted by Crippen LogP contribution is 2.15. The smallest absolute Gasteiger partial charge is 0.258 e. The van der Waals surface area contributed by atoms with Crippen molar-refractivity contribution < 1.29 is 9.53 Å². The predicted molar refractivity (Wildman–Crippen MR) is 67.8 cm³/mol. The molecule has 0 aromatic heterocycles. The lowest BCUT2D eigenvalue weighted by Crippen LogP contribution is -2.34. The molecule has 0 saturated carbocycles. The quantitative estimate of drug-likeness (QED) is 0.816. The third-order valence-corrected chi connectivity index (χ3v) is 2.23. The monoisotopic (exact) mass is 236 g/mol. The van der Waals surface area contributed by atoms with E-state index < -0.39 is 0 Å². The van der Waals surface area contributed by atoms with Gasteiger partial charge >= 0.3 is 0 Å². The summed E-state index contributed by atoms with van der Waals surface area (Å²) in [4.78, 5) is 11.3. The molecule has 0 saturated heterocycles. The topological polar surface area (TPSA) is 64.3 Å². The summed E-state index contributed by atoms with van der Waals surface area (Å²) in [7, 11) is 0. The Balaban J connectivity index is 2.44. The first kappa shape index (κ1) is 13.5. The molecular formula is C13H20N2O2. The molecule has 0 radical (unpaired) electrons. The van der Waals surface area contributed by atoms with Gasteiger partial charge in [-0.15, -0.1) is 0 Å². The summed E-state index contributed by atoms with van der Waals surface area (Å²) >= 11 is 0. The second kappa shape index (κ2) is 6.25. The molecule has 0 bridgehead atoms. The van der Waals surface area contributed by atoms with Gasteiger partial charge in [-0.05, 0) is 38.5 Å². The second-order valence-corrected chi connectivity index (χ2v) is 4.37. The maximum atomic E-state index is 11.3. The van der Waals surface area contributed by atoms with E-state index in [1.165, 1.54) is 0 Å². The number of hydrogen-bond donors (Lipinski definition) is 2. The van der Waals surface area contributed by atoms with Crippen molar-refractivity contribution in [3.05, 3.63) is 29.8 Å². The Kier molecular flexibility index (Phi) is 4.97. The van der Waals surface area contributed by atoms with E-state index in [9.17, 15) is 4.79 Å². The Bertz CT molecular complexity index is 358. The number of ether oxygens (including phenoxy) is 1. The minimum atomic E-state index is -0.115. The molecule has 1 rings (SSSR count). The van der Waals surface area contributed by atoms with Crippen LogP contribution in [0.25, 0.3) is 0 Å². The summed E-state index contributed by atoms with van der Waals surface area (Å²) in [6.07, 6.45) is 0. The Labute approximate surface area is 102 Å². The fourth-order valence-corrected chi connectivity index (χ4v) is 1.38. The molecule has 0 unspecified atom stereocenters. The summed E-state index contributed by atoms with van der Waals surface area (Å²) in [6, 6.07) is 7.59. The Morgan fingerprint density at radius 3 is 2.35 bits per heavy atom. The van der Waals surface area contributed by atoms with E-state index in [1.807, 2.05) is 45.0 Å². The first-order valence-electron chi connectivity index (χ1n) is 5.76. The van der Waals surface area contributed by atoms with Crippen molar-refractivity contribution in [2.24, 2.45) is 5.73 Å². The standard InChI is InChI=1S/C13H20N2O2/c1-9(2)15-13(16)8-17-12-6-4-11(5-7-12)10(3)14/h4-7,9-10H,8,14H2,1-3H3,(H,15,16)/t10-/m1/s1. The lowest BCUT2D eigenvalue weighted by molar-refractivity contribution is -0.123. The van der Waals surface area contributed by atoms with Crippen LogP contribution in [0, 0.1) is 0 Å². The van der Waals surface area contributed by atoms with Gasteiger partial charge in [0.1, 0.15) is 5.75 Å². The van der Waals surface area contributed by atoms with Gasteiger partial charge in [0.15, 0.2) is 6.61 Å². The van der Waals surface area contributed by atoms with E-state index in [2.05, 4.69) is 5.32 Å². The van der Waals surface area contributed by atoms with Crippen molar-refractivity contribution in [1.82, 2.24) is 5.32 Å². The number of benzene rings is 1. The van der Waals surface area contributed by atoms with Gasteiger partial charge in [0.25, 0.3) is 5.91 Å². The van der Waals surface area contributed by atoms with E-state index in [-0.39, 0.29) is 24.6 Å². The van der Waals surface area contributed by atoms with E-state index in [4.69, 9.17) is 10.5 Å². The fourth-order valence-electron chi connectivity index (χ4n) is 1.38. The average molecular weight is 236 g/mol. The van der Waals surface area contributed by atoms with E-state index in [0.717, 1.165) is 5.56 Å². The van der Waals surface area contributed by atoms with Crippen molar-refractivity contribution in [2.75, 3.05) is 6.61 Å². The Morgan fingerprint density at radius 2 is 1.88 bits per heavy atom. The van der Waals surface area contributed by atoms with Crippen LogP contribution in [0.15, 0.2) is 24.3 Å². The summed E-state index contributed by atoms with van der Waals surface area (Å²) in [5, 5.41) is 2.76. The highest BCUT2D eigenvalue weighted by molar-refractivity contribution is 5.77. The van der Waals surface area contributed by atoms with Crippen LogP contribution < -0.4 is 15.8 Å². The van der Waals surface area contributed by atoms with Crippen LogP contribution in [0.4, 0.5) is 0 Å². The molecule has 0 heterocycles. The molecule has 1 atom stereocenters. The van der Waals surface area contributed by atoms with Crippen LogP contribution in [0.1, 0.15) is 32.4 Å². The molecule has 0 spiro atoms. The first-order chi connectivity index (χ1) is 7.99. The molecular weight excluding hydrogens is 216 g/mol. The van der Waals surface area contributed by atoms with Gasteiger partial charge in [-0.1, -0.05) is 12.1 Å². The van der Waals surface area contributed by atoms with Crippen LogP contribution in [0.2, 0.25) is 0 Å². The summed E-state index contributed by atoms with van der Waals surface area (Å²) in [6.45, 7) is 5.78. The van der Waals surface area contributed by atoms with Gasteiger partial charge in [0.2, 0.25) is 0 Å². The van der Waals surface area contributed by atoms with Crippen molar-refractivity contribution in [3.63, 3.8) is 0 Å². The third kappa shape index (κ3) is 4.87. The van der Waals surface area contributed by atoms with Crippen LogP contribution in [-0.4, -0.2) is 18.6 Å². The highest BCUT2D eigenvalue weighted by Gasteiger charge is 2.04. The van der Waals surface area contributed by atoms with Crippen molar-refractivity contribution >= 4 is 5.91 Å². The van der Waals surface area contributed by atoms with Gasteiger partial charge in [0, 0.05) is 12.1 Å². The maximum Gasteiger partial charge on any atom is 0.258 e. The van der Waals surface area contributed by atoms with E-state index in [1.54, 1.807) is 0 Å². The molecule has 0 fully saturated rings. The SMILES string of the molecule is CC(C)NC(=O)COc1ccc([C@@H](C)N)cc1. The first-order valence-corrected chi connectivity index (χ1v) is 5.76. The number of amides is 1. The third-order valence-electron chi connectivity index (χ3n) is 2.23. The lowest BCUT2D eigenvalue weighted by Gasteiger charge is -2.10. The zero-order chi connectivity index (χ0) is 12.8. The number of nitrogens with two attached hydrogens (primary N) is 1. The summed E-state index contributed by atoms with van der Waals surface area (Å²) < 4.78 is 5.35. The number of carbonyl (C=O) groups excluding carboxylic acids is 1. The van der Waals surface area contributed by atoms with E-state index in [0.29, 0.717) is 5.75 Å². The molecule has 1 amide bonds. The minimum Gasteiger partial charge on any atom is -0.484 e. The summed E-state index contributed by atoms with van der Waals surface area (Å²) in [5.41, 5.74) is 6.78. The molecule has 94 valence electrons. The minimum absolute atomic E-state index is 0.00768. The lowest BCUT2D eigenvalue weighted by atomic mass is 10.1. The highest BCUT2D eigenvalue weighted by atomic mass is 16.5. The van der Waals surface area contributed by atoms with Gasteiger partial charge < -0.3 is 15.8 Å². The Hall–Kier alpha value is -1.55. The van der Waals surface area contributed by atoms with Gasteiger partial charge in [-0.3, -0.25) is 4.79 Å². The van der Waals surface area contributed by atoms with Crippen molar-refractivity contribution in [3.8, 4) is 5.75 Å². The second-order valence-electron chi connectivity index (χ2n) is 4.37. The molecule has 3 N–H and O–H groups in total. The molecule has 4 heteroatoms. The van der Waals surface area contributed by atoms with Crippen molar-refractivity contribution in [2.45, 2.75) is 32.9 Å². The molecule has 0 aliphatic rings. The van der Waals surface area contributed by atoms with E-state index >= 15 is 0 Å². The maximum absolute atomic E-state index is 11.3. The normalized spacial score (nSPS) is 12.3. The zero-order valence-electron chi connectivity index (χ0n) is 10.6. The fraction of sp³-hybridized carbons (Fsp3) is 0.462. The predicted octanol–water partition coefficient (Wildman–Crippen LogP) is 1.61. The van der Waals surface area contributed by atoms with Gasteiger partial charge in [0.05, 0.1) is 0 Å². The number of carbonyl (C=O) groups is 1. The number of hydrogen-bond acceptors (Lipinski definition) is 3. The largest absolute Gasteiger partial charge is 0.484 e. The van der Waals surface area contributed by atoms with Crippen LogP contribution in [0.3, 0.4) is 0 Å². The molecule has 1 aromatic rings. The molecule has 4 nitrogen and oxygen atoms in total. The molecule has 0 aliphatic carbocycles. The zero-order valence-corrected chi connectivity index (χ0v) is 10.6. The van der Waals surface area contributed by atoms with Gasteiger partial charge in [-0.25, -0.2) is 0 Å². The average Bonchev–Trinajstić information content (AvgIpc) is 2.26. The van der Waals surface area contributed by atoms with Crippen LogP contribution in [-0.2, 0) is 4.79 Å². The van der Waals surface area contributed by atoms with Crippen LogP contribution in [0.5, 0.6) is 5.75 Å². The Morgan fingerprint density at radius 1 is 1.29 bits per heavy atom. The van der Waals surface area contributed by atoms with Crippen molar-refractivity contribution in [1.29, 1.82) is 0 Å². The number of nitrogens with one attached hydrogen (secondary N) is 1. The van der Waals surface area contributed by atoms with Crippen LogP contribution >= 0.6 is 0 Å². The molecule has 17 heavy (non-hydrogen) atoms. The molecule has 0 aliphatic heterocycles.